The van der Waals surface area contributed by atoms with Crippen molar-refractivity contribution in [2.45, 2.75) is 13.8 Å². The fraction of sp³-hybridized carbons (Fsp3) is 0.133. The van der Waals surface area contributed by atoms with Crippen LogP contribution in [-0.2, 0) is 0 Å². The maximum absolute atomic E-state index is 11.9. The summed E-state index contributed by atoms with van der Waals surface area (Å²) in [5.74, 6) is -1.53. The molecule has 2 rings (SSSR count). The number of hydrogen-bond donors (Lipinski definition) is 1. The van der Waals surface area contributed by atoms with Crippen LogP contribution in [0.1, 0.15) is 37.4 Å². The number of hydrogen-bond acceptors (Lipinski definition) is 5. The van der Waals surface area contributed by atoms with Crippen LogP contribution in [0.15, 0.2) is 41.5 Å². The summed E-state index contributed by atoms with van der Waals surface area (Å²) in [6.07, 6.45) is 0. The molecule has 2 aromatic rings. The molecular weight excluding hydrogens is 288 g/mol. The first kappa shape index (κ1) is 14.9. The highest BCUT2D eigenvalue weighted by Crippen LogP contribution is 2.16. The first-order valence-corrected chi connectivity index (χ1v) is 7.02. The van der Waals surface area contributed by atoms with Gasteiger partial charge in [0, 0.05) is 5.56 Å². The lowest BCUT2D eigenvalue weighted by Gasteiger charge is -2.02. The van der Waals surface area contributed by atoms with Crippen molar-refractivity contribution in [1.29, 1.82) is 0 Å². The smallest absolute Gasteiger partial charge is 0.271 e. The number of carbonyl (C=O) groups is 2. The van der Waals surface area contributed by atoms with E-state index in [4.69, 9.17) is 0 Å². The number of rotatable bonds is 4. The molecule has 21 heavy (non-hydrogen) atoms. The fourth-order valence-electron chi connectivity index (χ4n) is 1.60. The van der Waals surface area contributed by atoms with Gasteiger partial charge >= 0.3 is 0 Å². The second-order valence-electron chi connectivity index (χ2n) is 4.46. The highest BCUT2D eigenvalue weighted by Gasteiger charge is 2.06. The molecule has 0 bridgehead atoms. The van der Waals surface area contributed by atoms with Gasteiger partial charge in [-0.05, 0) is 38.1 Å². The van der Waals surface area contributed by atoms with Crippen LogP contribution in [0.2, 0.25) is 0 Å². The SMILES string of the molecule is C/C(=N/NC(=O)c1ccc(C)cc1)c1ccc(C(=O)[O-])s1. The fourth-order valence-corrected chi connectivity index (χ4v) is 2.39. The van der Waals surface area contributed by atoms with Crippen molar-refractivity contribution in [2.24, 2.45) is 5.10 Å². The van der Waals surface area contributed by atoms with Gasteiger partial charge in [-0.2, -0.15) is 5.10 Å². The third-order valence-electron chi connectivity index (χ3n) is 2.80. The summed E-state index contributed by atoms with van der Waals surface area (Å²) in [7, 11) is 0. The van der Waals surface area contributed by atoms with E-state index in [-0.39, 0.29) is 10.8 Å². The lowest BCUT2D eigenvalue weighted by Crippen LogP contribution is -2.20. The Hall–Kier alpha value is -2.47. The van der Waals surface area contributed by atoms with Gasteiger partial charge in [0.05, 0.1) is 21.4 Å². The van der Waals surface area contributed by atoms with E-state index < -0.39 is 5.97 Å². The van der Waals surface area contributed by atoms with Crippen molar-refractivity contribution in [2.75, 3.05) is 0 Å². The standard InChI is InChI=1S/C15H14N2O3S/c1-9-3-5-11(6-4-9)14(18)17-16-10(2)12-7-8-13(21-12)15(19)20/h3-8H,1-2H3,(H,17,18)(H,19,20)/p-1/b16-10-. The summed E-state index contributed by atoms with van der Waals surface area (Å²) in [6, 6.07) is 10.2. The average molecular weight is 301 g/mol. The van der Waals surface area contributed by atoms with Crippen LogP contribution in [0.4, 0.5) is 0 Å². The van der Waals surface area contributed by atoms with Crippen molar-refractivity contribution in [3.05, 3.63) is 57.3 Å². The molecule has 0 atom stereocenters. The summed E-state index contributed by atoms with van der Waals surface area (Å²) >= 11 is 1.05. The molecule has 0 aliphatic carbocycles. The third-order valence-corrected chi connectivity index (χ3v) is 3.98. The molecule has 1 N–H and O–H groups in total. The number of carboxylic acid groups (broad SMARTS) is 1. The molecule has 0 aliphatic heterocycles. The lowest BCUT2D eigenvalue weighted by molar-refractivity contribution is -0.254. The number of nitrogens with one attached hydrogen (secondary N) is 1. The van der Waals surface area contributed by atoms with E-state index in [0.29, 0.717) is 16.2 Å². The zero-order valence-corrected chi connectivity index (χ0v) is 12.4. The predicted molar refractivity (Wildman–Crippen MR) is 79.5 cm³/mol. The molecular formula is C15H13N2O3S-. The maximum atomic E-state index is 11.9. The van der Waals surface area contributed by atoms with Crippen molar-refractivity contribution in [3.63, 3.8) is 0 Å². The molecule has 0 saturated carbocycles. The summed E-state index contributed by atoms with van der Waals surface area (Å²) < 4.78 is 0. The Morgan fingerprint density at radius 3 is 2.29 bits per heavy atom. The number of amides is 1. The van der Waals surface area contributed by atoms with Crippen LogP contribution in [0.5, 0.6) is 0 Å². The maximum Gasteiger partial charge on any atom is 0.271 e. The van der Waals surface area contributed by atoms with Crippen molar-refractivity contribution >= 4 is 28.9 Å². The van der Waals surface area contributed by atoms with Gasteiger partial charge in [0.25, 0.3) is 5.91 Å². The van der Waals surface area contributed by atoms with Crippen molar-refractivity contribution in [3.8, 4) is 0 Å². The van der Waals surface area contributed by atoms with Gasteiger partial charge in [0.2, 0.25) is 0 Å². The summed E-state index contributed by atoms with van der Waals surface area (Å²) in [5, 5.41) is 14.7. The Bertz CT molecular complexity index is 702. The molecule has 1 amide bonds. The second-order valence-corrected chi connectivity index (χ2v) is 5.54. The summed E-state index contributed by atoms with van der Waals surface area (Å²) in [6.45, 7) is 3.63. The van der Waals surface area contributed by atoms with Crippen LogP contribution in [0.3, 0.4) is 0 Å². The molecule has 0 saturated heterocycles. The number of carbonyl (C=O) groups excluding carboxylic acids is 2. The van der Waals surface area contributed by atoms with Crippen LogP contribution in [0.25, 0.3) is 0 Å². The molecule has 0 fully saturated rings. The van der Waals surface area contributed by atoms with Crippen LogP contribution >= 0.6 is 11.3 Å². The summed E-state index contributed by atoms with van der Waals surface area (Å²) in [5.41, 5.74) is 4.56. The van der Waals surface area contributed by atoms with Gasteiger partial charge in [-0.1, -0.05) is 17.7 Å². The molecule has 6 heteroatoms. The Kier molecular flexibility index (Phi) is 4.49. The topological polar surface area (TPSA) is 81.6 Å². The minimum Gasteiger partial charge on any atom is -0.544 e. The van der Waals surface area contributed by atoms with E-state index in [2.05, 4.69) is 10.5 Å². The lowest BCUT2D eigenvalue weighted by atomic mass is 10.1. The molecule has 0 spiro atoms. The minimum absolute atomic E-state index is 0.129. The number of thiophene rings is 1. The van der Waals surface area contributed by atoms with Crippen molar-refractivity contribution in [1.82, 2.24) is 5.43 Å². The van der Waals surface area contributed by atoms with Gasteiger partial charge in [-0.3, -0.25) is 4.79 Å². The van der Waals surface area contributed by atoms with E-state index >= 15 is 0 Å². The van der Waals surface area contributed by atoms with Gasteiger partial charge in [0.1, 0.15) is 0 Å². The Morgan fingerprint density at radius 2 is 1.71 bits per heavy atom. The molecule has 0 unspecified atom stereocenters. The van der Waals surface area contributed by atoms with E-state index in [9.17, 15) is 14.7 Å². The number of hydrazone groups is 1. The van der Waals surface area contributed by atoms with Gasteiger partial charge in [-0.25, -0.2) is 5.43 Å². The highest BCUT2D eigenvalue weighted by atomic mass is 32.1. The first-order valence-electron chi connectivity index (χ1n) is 6.20. The molecule has 108 valence electrons. The largest absolute Gasteiger partial charge is 0.544 e. The van der Waals surface area contributed by atoms with Gasteiger partial charge in [0.15, 0.2) is 0 Å². The Morgan fingerprint density at radius 1 is 1.10 bits per heavy atom. The normalized spacial score (nSPS) is 11.2. The molecule has 0 radical (unpaired) electrons. The number of nitrogens with zero attached hydrogens (tertiary/aromatic N) is 1. The number of aryl methyl sites for hydroxylation is 1. The Labute approximate surface area is 125 Å². The minimum atomic E-state index is -1.22. The zero-order chi connectivity index (χ0) is 15.4. The van der Waals surface area contributed by atoms with Crippen LogP contribution < -0.4 is 10.5 Å². The monoisotopic (exact) mass is 301 g/mol. The highest BCUT2D eigenvalue weighted by molar-refractivity contribution is 7.15. The van der Waals surface area contributed by atoms with E-state index in [1.54, 1.807) is 25.1 Å². The molecule has 5 nitrogen and oxygen atoms in total. The van der Waals surface area contributed by atoms with Gasteiger partial charge < -0.3 is 9.90 Å². The van der Waals surface area contributed by atoms with E-state index in [1.165, 1.54) is 6.07 Å². The number of benzene rings is 1. The molecule has 1 heterocycles. The third kappa shape index (κ3) is 3.76. The van der Waals surface area contributed by atoms with Crippen molar-refractivity contribution < 1.29 is 14.7 Å². The first-order chi connectivity index (χ1) is 9.97. The number of carboxylic acids is 1. The number of aromatic carboxylic acids is 1. The van der Waals surface area contributed by atoms with Gasteiger partial charge in [-0.15, -0.1) is 11.3 Å². The van der Waals surface area contributed by atoms with Crippen LogP contribution in [-0.4, -0.2) is 17.6 Å². The predicted octanol–water partition coefficient (Wildman–Crippen LogP) is 1.57. The zero-order valence-electron chi connectivity index (χ0n) is 11.5. The van der Waals surface area contributed by atoms with E-state index in [1.807, 2.05) is 19.1 Å². The van der Waals surface area contributed by atoms with E-state index in [0.717, 1.165) is 16.9 Å². The average Bonchev–Trinajstić information content (AvgIpc) is 2.95. The molecule has 1 aromatic carbocycles. The Balaban J connectivity index is 2.07. The van der Waals surface area contributed by atoms with Crippen LogP contribution in [0, 0.1) is 6.92 Å². The molecule has 0 aliphatic rings. The second kappa shape index (κ2) is 6.32. The quantitative estimate of drug-likeness (QED) is 0.687. The molecule has 1 aromatic heterocycles. The summed E-state index contributed by atoms with van der Waals surface area (Å²) in [4.78, 5) is 23.4.